The Bertz CT molecular complexity index is 1390. The van der Waals surface area contributed by atoms with E-state index >= 15 is 0 Å². The molecule has 0 spiro atoms. The molecule has 174 valence electrons. The number of fused-ring (bicyclic) bond motifs is 1. The Kier molecular flexibility index (Phi) is 6.02. The summed E-state index contributed by atoms with van der Waals surface area (Å²) in [5.41, 5.74) is 1.86. The molecule has 2 amide bonds. The van der Waals surface area contributed by atoms with Crippen molar-refractivity contribution in [1.29, 1.82) is 0 Å². The predicted octanol–water partition coefficient (Wildman–Crippen LogP) is 4.85. The zero-order chi connectivity index (χ0) is 24.5. The van der Waals surface area contributed by atoms with Gasteiger partial charge in [0.15, 0.2) is 0 Å². The van der Waals surface area contributed by atoms with E-state index in [1.54, 1.807) is 30.3 Å². The smallest absolute Gasteiger partial charge is 0.416 e. The number of carbonyl (C=O) groups is 2. The molecule has 9 heteroatoms. The fourth-order valence-corrected chi connectivity index (χ4v) is 3.69. The Morgan fingerprint density at radius 1 is 0.941 bits per heavy atom. The van der Waals surface area contributed by atoms with E-state index < -0.39 is 17.6 Å². The van der Waals surface area contributed by atoms with E-state index in [0.29, 0.717) is 27.9 Å². The topological polar surface area (TPSA) is 94.2 Å². The first-order valence-electron chi connectivity index (χ1n) is 10.3. The van der Waals surface area contributed by atoms with Crippen molar-refractivity contribution in [2.75, 3.05) is 7.05 Å². The second-order valence-electron chi connectivity index (χ2n) is 7.64. The van der Waals surface area contributed by atoms with Gasteiger partial charge in [-0.1, -0.05) is 24.3 Å². The Balaban J connectivity index is 1.55. The zero-order valence-corrected chi connectivity index (χ0v) is 18.0. The summed E-state index contributed by atoms with van der Waals surface area (Å²) in [6, 6.07) is 16.1. The van der Waals surface area contributed by atoms with Crippen LogP contribution in [0.3, 0.4) is 0 Å². The van der Waals surface area contributed by atoms with Gasteiger partial charge in [-0.05, 0) is 53.6 Å². The minimum atomic E-state index is -4.47. The maximum absolute atomic E-state index is 12.9. The summed E-state index contributed by atoms with van der Waals surface area (Å²) in [5, 5.41) is 16.5. The molecule has 0 fully saturated rings. The molecule has 0 unspecified atom stereocenters. The highest BCUT2D eigenvalue weighted by atomic mass is 19.4. The fourth-order valence-electron chi connectivity index (χ4n) is 3.69. The van der Waals surface area contributed by atoms with E-state index in [0.717, 1.165) is 17.5 Å². The Morgan fingerprint density at radius 2 is 1.71 bits per heavy atom. The lowest BCUT2D eigenvalue weighted by Gasteiger charge is -2.11. The standard InChI is InChI=1S/C25H20F3N3O3/c1-29-24(34)21-12-19-17(6-3-7-20(19)31-21)18-9-8-15(11-22(18)32)23(33)30-13-14-4-2-5-16(10-14)25(26,27)28/h2-12,31-32H,13H2,1H3,(H,29,34)(H,30,33). The molecule has 3 aromatic carbocycles. The van der Waals surface area contributed by atoms with Crippen LogP contribution in [0.5, 0.6) is 5.75 Å². The molecule has 1 aromatic heterocycles. The van der Waals surface area contributed by atoms with E-state index in [2.05, 4.69) is 15.6 Å². The lowest BCUT2D eigenvalue weighted by Crippen LogP contribution is -2.23. The molecule has 34 heavy (non-hydrogen) atoms. The third kappa shape index (κ3) is 4.59. The van der Waals surface area contributed by atoms with Crippen molar-refractivity contribution in [3.63, 3.8) is 0 Å². The van der Waals surface area contributed by atoms with Crippen LogP contribution in [0.15, 0.2) is 66.7 Å². The third-order valence-electron chi connectivity index (χ3n) is 5.39. The number of H-pyrrole nitrogens is 1. The second-order valence-corrected chi connectivity index (χ2v) is 7.64. The molecule has 1 heterocycles. The summed E-state index contributed by atoms with van der Waals surface area (Å²) < 4.78 is 38.6. The number of aromatic hydroxyl groups is 1. The molecule has 0 saturated carbocycles. The zero-order valence-electron chi connectivity index (χ0n) is 18.0. The average molecular weight is 467 g/mol. The quantitative estimate of drug-likeness (QED) is 0.338. The highest BCUT2D eigenvalue weighted by Crippen LogP contribution is 2.35. The van der Waals surface area contributed by atoms with Gasteiger partial charge in [-0.3, -0.25) is 9.59 Å². The van der Waals surface area contributed by atoms with E-state index in [1.807, 2.05) is 0 Å². The second kappa shape index (κ2) is 8.93. The van der Waals surface area contributed by atoms with Crippen molar-refractivity contribution in [2.45, 2.75) is 12.7 Å². The third-order valence-corrected chi connectivity index (χ3v) is 5.39. The summed E-state index contributed by atoms with van der Waals surface area (Å²) in [6.45, 7) is -0.101. The van der Waals surface area contributed by atoms with Gasteiger partial charge in [0.25, 0.3) is 11.8 Å². The number of nitrogens with one attached hydrogen (secondary N) is 3. The van der Waals surface area contributed by atoms with Crippen molar-refractivity contribution >= 4 is 22.7 Å². The van der Waals surface area contributed by atoms with Gasteiger partial charge < -0.3 is 20.7 Å². The fraction of sp³-hybridized carbons (Fsp3) is 0.120. The molecule has 0 aliphatic rings. The summed E-state index contributed by atoms with van der Waals surface area (Å²) in [7, 11) is 1.53. The van der Waals surface area contributed by atoms with Crippen molar-refractivity contribution in [3.8, 4) is 16.9 Å². The minimum Gasteiger partial charge on any atom is -0.507 e. The average Bonchev–Trinajstić information content (AvgIpc) is 3.26. The SMILES string of the molecule is CNC(=O)c1cc2c(-c3ccc(C(=O)NCc4cccc(C(F)(F)F)c4)cc3O)cccc2[nH]1. The maximum atomic E-state index is 12.9. The van der Waals surface area contributed by atoms with Gasteiger partial charge in [-0.15, -0.1) is 0 Å². The van der Waals surface area contributed by atoms with Crippen LogP contribution >= 0.6 is 0 Å². The normalized spacial score (nSPS) is 11.4. The highest BCUT2D eigenvalue weighted by molar-refractivity contribution is 6.04. The van der Waals surface area contributed by atoms with E-state index in [1.165, 1.54) is 31.3 Å². The predicted molar refractivity (Wildman–Crippen MR) is 121 cm³/mol. The van der Waals surface area contributed by atoms with Crippen LogP contribution in [0, 0.1) is 0 Å². The van der Waals surface area contributed by atoms with Gasteiger partial charge in [0, 0.05) is 35.6 Å². The van der Waals surface area contributed by atoms with Gasteiger partial charge in [-0.25, -0.2) is 0 Å². The monoisotopic (exact) mass is 467 g/mol. The van der Waals surface area contributed by atoms with E-state index in [4.69, 9.17) is 0 Å². The first-order chi connectivity index (χ1) is 16.2. The Labute approximate surface area is 192 Å². The maximum Gasteiger partial charge on any atom is 0.416 e. The van der Waals surface area contributed by atoms with Crippen LogP contribution in [0.25, 0.3) is 22.0 Å². The number of aromatic nitrogens is 1. The number of phenols is 1. The van der Waals surface area contributed by atoms with Crippen LogP contribution in [0.1, 0.15) is 32.0 Å². The van der Waals surface area contributed by atoms with Crippen LogP contribution < -0.4 is 10.6 Å². The van der Waals surface area contributed by atoms with Crippen LogP contribution in [0.4, 0.5) is 13.2 Å². The van der Waals surface area contributed by atoms with Gasteiger partial charge in [0.1, 0.15) is 11.4 Å². The lowest BCUT2D eigenvalue weighted by atomic mass is 9.99. The van der Waals surface area contributed by atoms with Gasteiger partial charge in [-0.2, -0.15) is 13.2 Å². The molecule has 0 aliphatic carbocycles. The van der Waals surface area contributed by atoms with Crippen LogP contribution in [-0.4, -0.2) is 29.0 Å². The van der Waals surface area contributed by atoms with E-state index in [9.17, 15) is 27.9 Å². The molecule has 6 nitrogen and oxygen atoms in total. The molecule has 0 saturated heterocycles. The molecular weight excluding hydrogens is 447 g/mol. The van der Waals surface area contributed by atoms with Gasteiger partial charge >= 0.3 is 6.18 Å². The molecule has 0 atom stereocenters. The molecule has 4 rings (SSSR count). The number of hydrogen-bond donors (Lipinski definition) is 4. The number of carbonyl (C=O) groups excluding carboxylic acids is 2. The van der Waals surface area contributed by atoms with E-state index in [-0.39, 0.29) is 23.8 Å². The molecule has 0 bridgehead atoms. The van der Waals surface area contributed by atoms with Crippen LogP contribution in [-0.2, 0) is 12.7 Å². The Morgan fingerprint density at radius 3 is 2.41 bits per heavy atom. The number of hydrogen-bond acceptors (Lipinski definition) is 3. The number of benzene rings is 3. The highest BCUT2D eigenvalue weighted by Gasteiger charge is 2.30. The number of phenolic OH excluding ortho intramolecular Hbond substituents is 1. The van der Waals surface area contributed by atoms with Crippen molar-refractivity contribution in [1.82, 2.24) is 15.6 Å². The molecule has 0 radical (unpaired) electrons. The van der Waals surface area contributed by atoms with Crippen LogP contribution in [0.2, 0.25) is 0 Å². The van der Waals surface area contributed by atoms with Crippen molar-refractivity contribution < 1.29 is 27.9 Å². The summed E-state index contributed by atoms with van der Waals surface area (Å²) in [4.78, 5) is 27.5. The van der Waals surface area contributed by atoms with Gasteiger partial charge in [0.2, 0.25) is 0 Å². The van der Waals surface area contributed by atoms with Crippen molar-refractivity contribution in [2.24, 2.45) is 0 Å². The lowest BCUT2D eigenvalue weighted by molar-refractivity contribution is -0.137. The minimum absolute atomic E-state index is 0.101. The number of rotatable bonds is 5. The Hall–Kier alpha value is -4.27. The number of halogens is 3. The van der Waals surface area contributed by atoms with Crippen molar-refractivity contribution in [3.05, 3.63) is 89.1 Å². The summed E-state index contributed by atoms with van der Waals surface area (Å²) in [5.74, 6) is -0.970. The number of aromatic amines is 1. The first-order valence-corrected chi connectivity index (χ1v) is 10.3. The number of alkyl halides is 3. The number of amides is 2. The summed E-state index contributed by atoms with van der Waals surface area (Å²) in [6.07, 6.45) is -4.47. The molecule has 4 aromatic rings. The molecule has 4 N–H and O–H groups in total. The molecular formula is C25H20F3N3O3. The molecule has 0 aliphatic heterocycles. The largest absolute Gasteiger partial charge is 0.507 e. The summed E-state index contributed by atoms with van der Waals surface area (Å²) >= 11 is 0. The van der Waals surface area contributed by atoms with Gasteiger partial charge in [0.05, 0.1) is 5.56 Å². The first kappa shape index (κ1) is 22.9.